The first kappa shape index (κ1) is 24.7. The predicted octanol–water partition coefficient (Wildman–Crippen LogP) is 6.34. The van der Waals surface area contributed by atoms with Crippen molar-refractivity contribution in [2.75, 3.05) is 13.1 Å². The van der Waals surface area contributed by atoms with Crippen molar-refractivity contribution in [3.8, 4) is 33.1 Å². The van der Waals surface area contributed by atoms with E-state index in [0.717, 1.165) is 54.9 Å². The van der Waals surface area contributed by atoms with E-state index in [0.29, 0.717) is 23.7 Å². The van der Waals surface area contributed by atoms with Crippen LogP contribution >= 0.6 is 11.3 Å². The van der Waals surface area contributed by atoms with Gasteiger partial charge in [-0.2, -0.15) is 5.10 Å². The lowest BCUT2D eigenvalue weighted by atomic mass is 10.1. The van der Waals surface area contributed by atoms with E-state index in [9.17, 15) is 13.6 Å². The summed E-state index contributed by atoms with van der Waals surface area (Å²) in [5.74, 6) is -2.59. The molecule has 6 aromatic heterocycles. The fourth-order valence-corrected chi connectivity index (χ4v) is 6.18. The van der Waals surface area contributed by atoms with Crippen LogP contribution in [0.25, 0.3) is 55.0 Å². The third-order valence-corrected chi connectivity index (χ3v) is 8.42. The van der Waals surface area contributed by atoms with E-state index < -0.39 is 5.92 Å². The number of pyridine rings is 3. The van der Waals surface area contributed by atoms with Gasteiger partial charge in [0.05, 0.1) is 34.5 Å². The van der Waals surface area contributed by atoms with Gasteiger partial charge in [-0.25, -0.2) is 13.8 Å². The quantitative estimate of drug-likeness (QED) is 0.233. The van der Waals surface area contributed by atoms with E-state index in [1.54, 1.807) is 36.6 Å². The van der Waals surface area contributed by atoms with Crippen LogP contribution in [0.1, 0.15) is 28.6 Å². The number of Topliss-reactive ketones (excluding diaryl/α,β-unsaturated/α-hetero) is 1. The molecule has 0 saturated carbocycles. The number of carbonyl (C=O) groups excluding carboxylic acids is 1. The standard InChI is InChI=1S/C29H23F2N7OS/c1-16(39)25-2-3-26(40-25)19-4-6-33-28-20(19)9-23(35-28)27-21-10-22(34-13-24(21)36-37-27)18-8-17(11-32-12-18)14-38-7-5-29(30,31)15-38/h2-4,6,8-13H,5,7,14-15H2,1H3,(H,33,35)(H,36,37). The number of H-pyrrole nitrogens is 2. The Bertz CT molecular complexity index is 1910. The highest BCUT2D eigenvalue weighted by molar-refractivity contribution is 7.17. The van der Waals surface area contributed by atoms with Gasteiger partial charge in [-0.05, 0) is 48.9 Å². The molecule has 0 radical (unpaired) electrons. The van der Waals surface area contributed by atoms with Gasteiger partial charge in [-0.1, -0.05) is 0 Å². The van der Waals surface area contributed by atoms with Crippen molar-refractivity contribution in [2.24, 2.45) is 0 Å². The highest BCUT2D eigenvalue weighted by Crippen LogP contribution is 2.37. The Morgan fingerprint density at radius 2 is 2.00 bits per heavy atom. The fourth-order valence-electron chi connectivity index (χ4n) is 5.24. The topological polar surface area (TPSA) is 103 Å². The van der Waals surface area contributed by atoms with Crippen LogP contribution in [0, 0.1) is 0 Å². The molecule has 1 saturated heterocycles. The van der Waals surface area contributed by atoms with Gasteiger partial charge in [0.15, 0.2) is 5.78 Å². The lowest BCUT2D eigenvalue weighted by Gasteiger charge is -2.15. The molecule has 0 unspecified atom stereocenters. The summed E-state index contributed by atoms with van der Waals surface area (Å²) in [6.07, 6.45) is 6.81. The van der Waals surface area contributed by atoms with Crippen molar-refractivity contribution < 1.29 is 13.6 Å². The van der Waals surface area contributed by atoms with Crippen molar-refractivity contribution in [3.63, 3.8) is 0 Å². The zero-order valence-electron chi connectivity index (χ0n) is 21.4. The number of nitrogens with zero attached hydrogens (tertiary/aromatic N) is 5. The Kier molecular flexibility index (Phi) is 5.79. The largest absolute Gasteiger partial charge is 0.338 e. The van der Waals surface area contributed by atoms with Gasteiger partial charge in [-0.15, -0.1) is 11.3 Å². The van der Waals surface area contributed by atoms with E-state index in [4.69, 9.17) is 0 Å². The number of hydrogen-bond donors (Lipinski definition) is 2. The minimum atomic E-state index is -2.63. The van der Waals surface area contributed by atoms with Crippen LogP contribution in [-0.2, 0) is 6.54 Å². The summed E-state index contributed by atoms with van der Waals surface area (Å²) in [5, 5.41) is 9.43. The fraction of sp³-hybridized carbons (Fsp3) is 0.207. The minimum Gasteiger partial charge on any atom is -0.338 e. The van der Waals surface area contributed by atoms with E-state index >= 15 is 0 Å². The number of thiophene rings is 1. The second kappa shape index (κ2) is 9.39. The third-order valence-electron chi connectivity index (χ3n) is 7.20. The summed E-state index contributed by atoms with van der Waals surface area (Å²) < 4.78 is 27.3. The lowest BCUT2D eigenvalue weighted by Crippen LogP contribution is -2.24. The summed E-state index contributed by atoms with van der Waals surface area (Å²) in [7, 11) is 0. The number of rotatable bonds is 6. The maximum absolute atomic E-state index is 13.6. The summed E-state index contributed by atoms with van der Waals surface area (Å²) in [6.45, 7) is 2.12. The monoisotopic (exact) mass is 555 g/mol. The van der Waals surface area contributed by atoms with Gasteiger partial charge in [0, 0.05) is 64.9 Å². The molecule has 11 heteroatoms. The van der Waals surface area contributed by atoms with E-state index in [1.165, 1.54) is 11.3 Å². The Morgan fingerprint density at radius 3 is 2.80 bits per heavy atom. The Hall–Kier alpha value is -4.35. The number of aromatic amines is 2. The van der Waals surface area contributed by atoms with Crippen LogP contribution in [0.2, 0.25) is 0 Å². The molecular weight excluding hydrogens is 532 g/mol. The first-order chi connectivity index (χ1) is 19.3. The number of halogens is 2. The smallest absolute Gasteiger partial charge is 0.261 e. The molecule has 2 N–H and O–H groups in total. The molecule has 7 rings (SSSR count). The zero-order valence-corrected chi connectivity index (χ0v) is 22.2. The van der Waals surface area contributed by atoms with Crippen LogP contribution in [0.3, 0.4) is 0 Å². The summed E-state index contributed by atoms with van der Waals surface area (Å²) in [4.78, 5) is 32.1. The van der Waals surface area contributed by atoms with Crippen LogP contribution in [-0.4, -0.2) is 59.8 Å². The molecule has 6 aromatic rings. The SMILES string of the molecule is CC(=O)c1ccc(-c2ccnc3[nH]c(-c4n[nH]c5cnc(-c6cncc(CN7CCC(F)(F)C7)c6)cc45)cc23)s1. The predicted molar refractivity (Wildman–Crippen MR) is 150 cm³/mol. The van der Waals surface area contributed by atoms with Gasteiger partial charge in [0.25, 0.3) is 5.92 Å². The molecule has 0 amide bonds. The molecule has 1 aliphatic rings. The van der Waals surface area contributed by atoms with Crippen molar-refractivity contribution in [1.29, 1.82) is 0 Å². The molecule has 0 spiro atoms. The van der Waals surface area contributed by atoms with Gasteiger partial charge >= 0.3 is 0 Å². The van der Waals surface area contributed by atoms with E-state index in [-0.39, 0.29) is 18.7 Å². The molecule has 40 heavy (non-hydrogen) atoms. The number of nitrogens with one attached hydrogen (secondary N) is 2. The van der Waals surface area contributed by atoms with Crippen molar-refractivity contribution >= 4 is 39.1 Å². The Morgan fingerprint density at radius 1 is 1.10 bits per heavy atom. The van der Waals surface area contributed by atoms with Crippen molar-refractivity contribution in [3.05, 3.63) is 71.6 Å². The van der Waals surface area contributed by atoms with Crippen LogP contribution in [0.4, 0.5) is 8.78 Å². The van der Waals surface area contributed by atoms with Crippen LogP contribution < -0.4 is 0 Å². The van der Waals surface area contributed by atoms with E-state index in [1.807, 2.05) is 36.4 Å². The third kappa shape index (κ3) is 4.46. The minimum absolute atomic E-state index is 0.0436. The molecule has 7 heterocycles. The number of hydrogen-bond acceptors (Lipinski definition) is 7. The van der Waals surface area contributed by atoms with Crippen molar-refractivity contribution in [2.45, 2.75) is 25.8 Å². The lowest BCUT2D eigenvalue weighted by molar-refractivity contribution is 0.0115. The van der Waals surface area contributed by atoms with Crippen LogP contribution in [0.15, 0.2) is 61.2 Å². The highest BCUT2D eigenvalue weighted by atomic mass is 32.1. The molecule has 0 aliphatic carbocycles. The van der Waals surface area contributed by atoms with Gasteiger partial charge < -0.3 is 4.98 Å². The second-order valence-corrected chi connectivity index (χ2v) is 11.2. The van der Waals surface area contributed by atoms with Gasteiger partial charge in [0.1, 0.15) is 11.3 Å². The van der Waals surface area contributed by atoms with Gasteiger partial charge in [0.2, 0.25) is 0 Å². The maximum atomic E-state index is 13.6. The first-order valence-corrected chi connectivity index (χ1v) is 13.6. The van der Waals surface area contributed by atoms with Crippen molar-refractivity contribution in [1.82, 2.24) is 35.0 Å². The number of alkyl halides is 2. The summed E-state index contributed by atoms with van der Waals surface area (Å²) in [5.41, 5.74) is 6.38. The number of aromatic nitrogens is 6. The second-order valence-electron chi connectivity index (χ2n) is 10.1. The molecular formula is C29H23F2N7OS. The number of likely N-dealkylation sites (tertiary alicyclic amines) is 1. The summed E-state index contributed by atoms with van der Waals surface area (Å²) >= 11 is 1.46. The Labute approximate surface area is 231 Å². The average molecular weight is 556 g/mol. The van der Waals surface area contributed by atoms with Crippen LogP contribution in [0.5, 0.6) is 0 Å². The summed E-state index contributed by atoms with van der Waals surface area (Å²) in [6, 6.07) is 11.7. The highest BCUT2D eigenvalue weighted by Gasteiger charge is 2.37. The van der Waals surface area contributed by atoms with E-state index in [2.05, 4.69) is 30.1 Å². The number of fused-ring (bicyclic) bond motifs is 2. The molecule has 0 bridgehead atoms. The maximum Gasteiger partial charge on any atom is 0.261 e. The number of carbonyl (C=O) groups is 1. The molecule has 0 aromatic carbocycles. The van der Waals surface area contributed by atoms with Gasteiger partial charge in [-0.3, -0.25) is 24.8 Å². The molecule has 200 valence electrons. The molecule has 8 nitrogen and oxygen atoms in total. The Balaban J connectivity index is 1.24. The number of ketones is 1. The zero-order chi connectivity index (χ0) is 27.4. The molecule has 1 fully saturated rings. The average Bonchev–Trinajstić information content (AvgIpc) is 3.73. The normalized spacial score (nSPS) is 15.4. The first-order valence-electron chi connectivity index (χ1n) is 12.8. The molecule has 0 atom stereocenters. The molecule has 1 aliphatic heterocycles.